The number of β-amino-alcohol motifs (C(OH)–C–C–N with tert-alkyl or cyclic N) is 1. The fraction of sp³-hybridized carbons (Fsp3) is 1.00. The minimum Gasteiger partial charge on any atom is -0.390 e. The Bertz CT molecular complexity index is 498. The maximum absolute atomic E-state index is 13.2. The van der Waals surface area contributed by atoms with E-state index < -0.39 is 22.0 Å². The topological polar surface area (TPSA) is 60.9 Å². The highest BCUT2D eigenvalue weighted by atomic mass is 32.2. The highest BCUT2D eigenvalue weighted by Gasteiger charge is 2.46. The van der Waals surface area contributed by atoms with Gasteiger partial charge in [0.15, 0.2) is 0 Å². The van der Waals surface area contributed by atoms with Gasteiger partial charge in [-0.05, 0) is 12.8 Å². The number of piperidine rings is 1. The van der Waals surface area contributed by atoms with E-state index in [0.29, 0.717) is 12.8 Å². The van der Waals surface area contributed by atoms with E-state index in [4.69, 9.17) is 0 Å². The summed E-state index contributed by atoms with van der Waals surface area (Å²) < 4.78 is 53.0. The summed E-state index contributed by atoms with van der Waals surface area (Å²) in [5, 5.41) is 9.88. The van der Waals surface area contributed by atoms with Crippen molar-refractivity contribution in [1.82, 2.24) is 9.21 Å². The van der Waals surface area contributed by atoms with Gasteiger partial charge >= 0.3 is 0 Å². The van der Waals surface area contributed by atoms with Gasteiger partial charge in [0, 0.05) is 39.0 Å². The normalized spacial score (nSPS) is 35.2. The van der Waals surface area contributed by atoms with Gasteiger partial charge in [0.05, 0.1) is 17.4 Å². The van der Waals surface area contributed by atoms with Gasteiger partial charge in [0.25, 0.3) is 5.92 Å². The molecule has 0 radical (unpaired) electrons. The molecule has 2 aliphatic heterocycles. The van der Waals surface area contributed by atoms with Crippen LogP contribution in [0.15, 0.2) is 0 Å². The van der Waals surface area contributed by atoms with Gasteiger partial charge in [-0.3, -0.25) is 4.90 Å². The van der Waals surface area contributed by atoms with Crippen LogP contribution in [0.4, 0.5) is 8.78 Å². The molecule has 3 fully saturated rings. The molecule has 0 aromatic heterocycles. The van der Waals surface area contributed by atoms with Crippen molar-refractivity contribution in [3.05, 3.63) is 0 Å². The molecule has 0 bridgehead atoms. The van der Waals surface area contributed by atoms with Gasteiger partial charge in [-0.15, -0.1) is 0 Å². The number of rotatable bonds is 3. The van der Waals surface area contributed by atoms with Crippen LogP contribution in [-0.4, -0.2) is 72.2 Å². The summed E-state index contributed by atoms with van der Waals surface area (Å²) >= 11 is 0. The zero-order chi connectivity index (χ0) is 16.0. The number of sulfonamides is 1. The monoisotopic (exact) mass is 338 g/mol. The number of likely N-dealkylation sites (tertiary alicyclic amines) is 1. The van der Waals surface area contributed by atoms with Crippen LogP contribution in [0.2, 0.25) is 0 Å². The lowest BCUT2D eigenvalue weighted by molar-refractivity contribution is -0.0697. The average Bonchev–Trinajstić information content (AvgIpc) is 3.09. The molecule has 0 spiro atoms. The van der Waals surface area contributed by atoms with E-state index in [1.165, 1.54) is 4.31 Å². The molecule has 1 N–H and O–H groups in total. The number of aliphatic hydroxyl groups excluding tert-OH is 1. The second kappa shape index (κ2) is 5.96. The average molecular weight is 338 g/mol. The van der Waals surface area contributed by atoms with Gasteiger partial charge in [0.2, 0.25) is 10.0 Å². The zero-order valence-corrected chi connectivity index (χ0v) is 13.4. The molecule has 0 aromatic rings. The summed E-state index contributed by atoms with van der Waals surface area (Å²) in [6.45, 7) is 0.750. The van der Waals surface area contributed by atoms with Crippen molar-refractivity contribution in [1.29, 1.82) is 0 Å². The summed E-state index contributed by atoms with van der Waals surface area (Å²) in [6.07, 6.45) is 2.03. The van der Waals surface area contributed by atoms with Crippen molar-refractivity contribution in [3.63, 3.8) is 0 Å². The number of halogens is 2. The molecule has 2 heterocycles. The van der Waals surface area contributed by atoms with E-state index in [1.807, 2.05) is 4.90 Å². The van der Waals surface area contributed by atoms with Crippen molar-refractivity contribution in [2.75, 3.05) is 26.2 Å². The maximum atomic E-state index is 13.2. The minimum atomic E-state index is -3.37. The van der Waals surface area contributed by atoms with E-state index in [-0.39, 0.29) is 50.3 Å². The smallest absolute Gasteiger partial charge is 0.250 e. The van der Waals surface area contributed by atoms with Crippen LogP contribution in [0.3, 0.4) is 0 Å². The SMILES string of the molecule is O=S(=O)(C1CCCC1)N1C[C@@H](O)[C@H](N2CCC(F)(F)CC2)C1. The maximum Gasteiger partial charge on any atom is 0.250 e. The van der Waals surface area contributed by atoms with Crippen LogP contribution in [0.1, 0.15) is 38.5 Å². The summed E-state index contributed by atoms with van der Waals surface area (Å²) in [4.78, 5) is 1.83. The first-order valence-electron chi connectivity index (χ1n) is 8.08. The molecule has 0 unspecified atom stereocenters. The Morgan fingerprint density at radius 2 is 1.64 bits per heavy atom. The van der Waals surface area contributed by atoms with Crippen LogP contribution in [-0.2, 0) is 10.0 Å². The van der Waals surface area contributed by atoms with Gasteiger partial charge in [0.1, 0.15) is 0 Å². The van der Waals surface area contributed by atoms with Crippen molar-refractivity contribution < 1.29 is 22.3 Å². The van der Waals surface area contributed by atoms with E-state index >= 15 is 0 Å². The fourth-order valence-corrected chi connectivity index (χ4v) is 5.95. The van der Waals surface area contributed by atoms with Crippen LogP contribution >= 0.6 is 0 Å². The third-order valence-electron chi connectivity index (χ3n) is 5.31. The van der Waals surface area contributed by atoms with Gasteiger partial charge in [-0.1, -0.05) is 12.8 Å². The van der Waals surface area contributed by atoms with E-state index in [0.717, 1.165) is 12.8 Å². The van der Waals surface area contributed by atoms with Gasteiger partial charge < -0.3 is 5.11 Å². The number of nitrogens with zero attached hydrogens (tertiary/aromatic N) is 2. The Morgan fingerprint density at radius 3 is 2.23 bits per heavy atom. The predicted molar refractivity (Wildman–Crippen MR) is 78.3 cm³/mol. The quantitative estimate of drug-likeness (QED) is 0.835. The Morgan fingerprint density at radius 1 is 1.05 bits per heavy atom. The Balaban J connectivity index is 1.64. The summed E-state index contributed by atoms with van der Waals surface area (Å²) in [5.41, 5.74) is 0. The van der Waals surface area contributed by atoms with E-state index in [9.17, 15) is 22.3 Å². The first kappa shape index (κ1) is 16.5. The third kappa shape index (κ3) is 3.16. The van der Waals surface area contributed by atoms with Crippen LogP contribution < -0.4 is 0 Å². The molecule has 0 aromatic carbocycles. The van der Waals surface area contributed by atoms with Crippen molar-refractivity contribution in [2.45, 2.75) is 61.8 Å². The van der Waals surface area contributed by atoms with Gasteiger partial charge in [-0.25, -0.2) is 17.2 Å². The summed E-state index contributed by atoms with van der Waals surface area (Å²) in [5.74, 6) is -2.63. The molecule has 22 heavy (non-hydrogen) atoms. The molecule has 2 atom stereocenters. The third-order valence-corrected chi connectivity index (χ3v) is 7.64. The molecule has 3 aliphatic rings. The number of hydrogen-bond donors (Lipinski definition) is 1. The second-order valence-corrected chi connectivity index (χ2v) is 9.01. The lowest BCUT2D eigenvalue weighted by Crippen LogP contribution is -2.49. The van der Waals surface area contributed by atoms with Crippen LogP contribution in [0.5, 0.6) is 0 Å². The molecule has 2 saturated heterocycles. The molecule has 3 rings (SSSR count). The van der Waals surface area contributed by atoms with Gasteiger partial charge in [-0.2, -0.15) is 4.31 Å². The highest BCUT2D eigenvalue weighted by molar-refractivity contribution is 7.89. The fourth-order valence-electron chi connectivity index (χ4n) is 3.88. The Labute approximate surface area is 130 Å². The molecular weight excluding hydrogens is 314 g/mol. The molecule has 0 amide bonds. The van der Waals surface area contributed by atoms with Crippen molar-refractivity contribution >= 4 is 10.0 Å². The molecule has 8 heteroatoms. The first-order chi connectivity index (χ1) is 10.3. The molecule has 5 nitrogen and oxygen atoms in total. The standard InChI is InChI=1S/C14H24F2N2O3S/c15-14(16)5-7-17(8-6-14)12-9-18(10-13(12)19)22(20,21)11-3-1-2-4-11/h11-13,19H,1-10H2/t12-,13-/m1/s1. The van der Waals surface area contributed by atoms with Crippen molar-refractivity contribution in [2.24, 2.45) is 0 Å². The molecule has 1 saturated carbocycles. The van der Waals surface area contributed by atoms with Crippen molar-refractivity contribution in [3.8, 4) is 0 Å². The number of hydrogen-bond acceptors (Lipinski definition) is 4. The Hall–Kier alpha value is -0.310. The minimum absolute atomic E-state index is 0.0936. The van der Waals surface area contributed by atoms with Crippen LogP contribution in [0, 0.1) is 0 Å². The molecular formula is C14H24F2N2O3S. The van der Waals surface area contributed by atoms with Crippen LogP contribution in [0.25, 0.3) is 0 Å². The van der Waals surface area contributed by atoms with E-state index in [2.05, 4.69) is 0 Å². The first-order valence-corrected chi connectivity index (χ1v) is 9.59. The molecule has 128 valence electrons. The zero-order valence-electron chi connectivity index (χ0n) is 12.6. The summed E-state index contributed by atoms with van der Waals surface area (Å²) in [6, 6.07) is -0.354. The summed E-state index contributed by atoms with van der Waals surface area (Å²) in [7, 11) is -3.37. The lowest BCUT2D eigenvalue weighted by atomic mass is 10.0. The molecule has 1 aliphatic carbocycles. The lowest BCUT2D eigenvalue weighted by Gasteiger charge is -2.36. The Kier molecular flexibility index (Phi) is 4.48. The van der Waals surface area contributed by atoms with E-state index in [1.54, 1.807) is 0 Å². The highest BCUT2D eigenvalue weighted by Crippen LogP contribution is 2.33. The number of aliphatic hydroxyl groups is 1. The predicted octanol–water partition coefficient (Wildman–Crippen LogP) is 1.03. The largest absolute Gasteiger partial charge is 0.390 e. The number of alkyl halides is 2. The second-order valence-electron chi connectivity index (χ2n) is 6.80.